The van der Waals surface area contributed by atoms with Crippen LogP contribution in [-0.2, 0) is 0 Å². The number of benzene rings is 4. The first-order chi connectivity index (χ1) is 19.3. The molecular weight excluding hydrogens is 512 g/mol. The molecule has 0 radical (unpaired) electrons. The number of Topliss-reactive ketones (excluding diaryl/α,β-unsaturated/α-hetero) is 1. The molecule has 0 fully saturated rings. The Bertz CT molecular complexity index is 1900. The number of carbonyl (C=O) groups is 4. The van der Waals surface area contributed by atoms with Crippen molar-refractivity contribution in [1.82, 2.24) is 4.98 Å². The number of carbonyl (C=O) groups excluding carboxylic acids is 3. The summed E-state index contributed by atoms with van der Waals surface area (Å²) >= 11 is 0. The summed E-state index contributed by atoms with van der Waals surface area (Å²) in [6.07, 6.45) is 0. The number of ether oxygens (including phenoxy) is 1. The summed E-state index contributed by atoms with van der Waals surface area (Å²) in [5.41, 5.74) is 3.90. The zero-order valence-electron chi connectivity index (χ0n) is 21.3. The summed E-state index contributed by atoms with van der Waals surface area (Å²) in [7, 11) is 1.42. The summed E-state index contributed by atoms with van der Waals surface area (Å²) in [5, 5.41) is 9.32. The van der Waals surface area contributed by atoms with E-state index < -0.39 is 17.8 Å². The molecular formula is C31H20N2O7. The lowest BCUT2D eigenvalue weighted by atomic mass is 10.0. The van der Waals surface area contributed by atoms with E-state index in [-0.39, 0.29) is 39.8 Å². The number of para-hydroxylation sites is 1. The van der Waals surface area contributed by atoms with Crippen LogP contribution >= 0.6 is 0 Å². The first kappa shape index (κ1) is 24.7. The van der Waals surface area contributed by atoms with Gasteiger partial charge >= 0.3 is 5.97 Å². The van der Waals surface area contributed by atoms with Gasteiger partial charge in [-0.05, 0) is 61.0 Å². The highest BCUT2D eigenvalue weighted by molar-refractivity contribution is 6.35. The Balaban J connectivity index is 1.44. The van der Waals surface area contributed by atoms with Crippen LogP contribution in [0.4, 0.5) is 5.69 Å². The molecule has 0 spiro atoms. The van der Waals surface area contributed by atoms with Crippen LogP contribution in [0.2, 0.25) is 0 Å². The summed E-state index contributed by atoms with van der Waals surface area (Å²) in [6.45, 7) is 1.51. The lowest BCUT2D eigenvalue weighted by Gasteiger charge is -2.18. The molecule has 5 aromatic rings. The third-order valence-corrected chi connectivity index (χ3v) is 6.80. The number of ketones is 1. The molecule has 0 saturated heterocycles. The zero-order valence-corrected chi connectivity index (χ0v) is 21.3. The molecule has 0 atom stereocenters. The van der Waals surface area contributed by atoms with E-state index in [1.807, 2.05) is 24.3 Å². The second-order valence-corrected chi connectivity index (χ2v) is 9.21. The van der Waals surface area contributed by atoms with Crippen LogP contribution in [0.3, 0.4) is 0 Å². The van der Waals surface area contributed by atoms with E-state index in [2.05, 4.69) is 0 Å². The third-order valence-electron chi connectivity index (χ3n) is 6.80. The predicted octanol–water partition coefficient (Wildman–Crippen LogP) is 5.87. The Morgan fingerprint density at radius 3 is 2.35 bits per heavy atom. The predicted molar refractivity (Wildman–Crippen MR) is 146 cm³/mol. The molecule has 6 rings (SSSR count). The number of amides is 2. The molecule has 1 N–H and O–H groups in total. The molecule has 0 unspecified atom stereocenters. The number of hydrogen-bond acceptors (Lipinski definition) is 7. The first-order valence-electron chi connectivity index (χ1n) is 12.2. The van der Waals surface area contributed by atoms with Crippen LogP contribution in [-0.4, -0.2) is 40.8 Å². The van der Waals surface area contributed by atoms with Gasteiger partial charge in [-0.25, -0.2) is 14.7 Å². The summed E-state index contributed by atoms with van der Waals surface area (Å²) in [6, 6.07) is 21.4. The number of methoxy groups -OCH3 is 1. The molecule has 1 aromatic heterocycles. The highest BCUT2D eigenvalue weighted by Crippen LogP contribution is 2.39. The summed E-state index contributed by atoms with van der Waals surface area (Å²) in [4.78, 5) is 55.6. The van der Waals surface area contributed by atoms with Crippen molar-refractivity contribution >= 4 is 40.4 Å². The number of nitrogens with zero attached hydrogens (tertiary/aromatic N) is 2. The van der Waals surface area contributed by atoms with Crippen LogP contribution in [0.1, 0.15) is 48.4 Å². The summed E-state index contributed by atoms with van der Waals surface area (Å²) < 4.78 is 11.5. The van der Waals surface area contributed by atoms with Crippen LogP contribution in [0, 0.1) is 0 Å². The van der Waals surface area contributed by atoms with Crippen molar-refractivity contribution in [2.24, 2.45) is 0 Å². The number of rotatable bonds is 6. The van der Waals surface area contributed by atoms with Gasteiger partial charge in [0.1, 0.15) is 11.3 Å². The Morgan fingerprint density at radius 1 is 0.825 bits per heavy atom. The van der Waals surface area contributed by atoms with Gasteiger partial charge in [0.2, 0.25) is 5.89 Å². The molecule has 40 heavy (non-hydrogen) atoms. The molecule has 1 aliphatic rings. The molecule has 0 saturated carbocycles. The third kappa shape index (κ3) is 3.92. The maximum Gasteiger partial charge on any atom is 0.335 e. The number of fused-ring (bicyclic) bond motifs is 2. The smallest absolute Gasteiger partial charge is 0.335 e. The van der Waals surface area contributed by atoms with Gasteiger partial charge in [-0.2, -0.15) is 0 Å². The highest BCUT2D eigenvalue weighted by Gasteiger charge is 2.39. The molecule has 0 bridgehead atoms. The van der Waals surface area contributed by atoms with Crippen molar-refractivity contribution in [2.45, 2.75) is 6.92 Å². The minimum atomic E-state index is -1.20. The number of carboxylic acids is 1. The maximum absolute atomic E-state index is 13.3. The van der Waals surface area contributed by atoms with Gasteiger partial charge in [0.25, 0.3) is 11.8 Å². The largest absolute Gasteiger partial charge is 0.495 e. The van der Waals surface area contributed by atoms with Gasteiger partial charge in [-0.15, -0.1) is 0 Å². The molecule has 0 aliphatic carbocycles. The Morgan fingerprint density at radius 2 is 1.60 bits per heavy atom. The molecule has 196 valence electrons. The number of carboxylic acid groups (broad SMARTS) is 1. The topological polar surface area (TPSA) is 127 Å². The van der Waals surface area contributed by atoms with Gasteiger partial charge < -0.3 is 14.3 Å². The van der Waals surface area contributed by atoms with E-state index in [4.69, 9.17) is 14.1 Å². The second-order valence-electron chi connectivity index (χ2n) is 9.21. The lowest BCUT2D eigenvalue weighted by molar-refractivity contribution is 0.0696. The fraction of sp³-hybridized carbons (Fsp3) is 0.0645. The minimum absolute atomic E-state index is 0.00310. The maximum atomic E-state index is 13.3. The van der Waals surface area contributed by atoms with Crippen molar-refractivity contribution < 1.29 is 33.4 Å². The van der Waals surface area contributed by atoms with E-state index in [0.29, 0.717) is 22.2 Å². The van der Waals surface area contributed by atoms with Crippen molar-refractivity contribution in [1.29, 1.82) is 0 Å². The van der Waals surface area contributed by atoms with Crippen LogP contribution in [0.25, 0.3) is 33.7 Å². The number of imide groups is 1. The van der Waals surface area contributed by atoms with E-state index in [0.717, 1.165) is 16.0 Å². The SMILES string of the molecule is COc1ccc(-c2nc3c(-c4cccc(C(C)=O)c4)cccc3o2)cc1N1C(=O)c2ccc(C(=O)O)cc2C1=O. The van der Waals surface area contributed by atoms with Crippen LogP contribution in [0.5, 0.6) is 5.75 Å². The highest BCUT2D eigenvalue weighted by atomic mass is 16.5. The standard InChI is InChI=1S/C31H20N2O7/c1-16(34)17-5-3-6-18(13-17)21-7-4-8-26-27(21)32-28(40-26)19-10-12-25(39-2)24(15-19)33-29(35)22-11-9-20(31(37)38)14-23(22)30(33)36/h3-15H,1-2H3,(H,37,38). The van der Waals surface area contributed by atoms with E-state index in [1.54, 1.807) is 36.4 Å². The van der Waals surface area contributed by atoms with Crippen molar-refractivity contribution in [3.05, 3.63) is 101 Å². The Labute approximate surface area is 227 Å². The number of aromatic nitrogens is 1. The summed E-state index contributed by atoms with van der Waals surface area (Å²) in [5.74, 6) is -2.01. The minimum Gasteiger partial charge on any atom is -0.495 e. The number of oxazole rings is 1. The average molecular weight is 533 g/mol. The zero-order chi connectivity index (χ0) is 28.1. The van der Waals surface area contributed by atoms with E-state index in [1.165, 1.54) is 32.2 Å². The van der Waals surface area contributed by atoms with Gasteiger partial charge in [0, 0.05) is 16.7 Å². The van der Waals surface area contributed by atoms with E-state index >= 15 is 0 Å². The van der Waals surface area contributed by atoms with Crippen LogP contribution in [0.15, 0.2) is 83.3 Å². The van der Waals surface area contributed by atoms with Gasteiger partial charge in [0.05, 0.1) is 29.5 Å². The Kier molecular flexibility index (Phi) is 5.76. The molecule has 9 heteroatoms. The molecule has 2 heterocycles. The van der Waals surface area contributed by atoms with Gasteiger partial charge in [0.15, 0.2) is 11.4 Å². The number of aromatic carboxylic acids is 1. The normalized spacial score (nSPS) is 12.6. The second kappa shape index (κ2) is 9.32. The molecule has 4 aromatic carbocycles. The Hall–Kier alpha value is -5.57. The van der Waals surface area contributed by atoms with Gasteiger partial charge in [-0.1, -0.05) is 30.3 Å². The fourth-order valence-electron chi connectivity index (χ4n) is 4.80. The molecule has 9 nitrogen and oxygen atoms in total. The van der Waals surface area contributed by atoms with E-state index in [9.17, 15) is 24.3 Å². The van der Waals surface area contributed by atoms with Crippen LogP contribution < -0.4 is 9.64 Å². The molecule has 2 amide bonds. The number of hydrogen-bond donors (Lipinski definition) is 1. The average Bonchev–Trinajstić information content (AvgIpc) is 3.51. The monoisotopic (exact) mass is 532 g/mol. The molecule has 1 aliphatic heterocycles. The van der Waals surface area contributed by atoms with Gasteiger partial charge in [-0.3, -0.25) is 14.4 Å². The number of anilines is 1. The quantitative estimate of drug-likeness (QED) is 0.212. The van der Waals surface area contributed by atoms with Crippen molar-refractivity contribution in [2.75, 3.05) is 12.0 Å². The van der Waals surface area contributed by atoms with Crippen molar-refractivity contribution in [3.63, 3.8) is 0 Å². The van der Waals surface area contributed by atoms with Crippen molar-refractivity contribution in [3.8, 4) is 28.3 Å². The first-order valence-corrected chi connectivity index (χ1v) is 12.2. The lowest BCUT2D eigenvalue weighted by Crippen LogP contribution is -2.29. The fourth-order valence-corrected chi connectivity index (χ4v) is 4.80.